The largest absolute Gasteiger partial charge is 0.323 e. The summed E-state index contributed by atoms with van der Waals surface area (Å²) in [6.45, 7) is 1.61. The first-order valence-electron chi connectivity index (χ1n) is 4.99. The predicted molar refractivity (Wildman–Crippen MR) is 68.8 cm³/mol. The van der Waals surface area contributed by atoms with Crippen molar-refractivity contribution in [1.29, 1.82) is 0 Å². The average Bonchev–Trinajstić information content (AvgIpc) is 2.59. The third kappa shape index (κ3) is 2.70. The quantitative estimate of drug-likeness (QED) is 0.860. The molecular formula is C9H13BrN4OS. The molecule has 1 N–H and O–H groups in total. The number of urea groups is 1. The monoisotopic (exact) mass is 304 g/mol. The minimum Gasteiger partial charge on any atom is -0.323 e. The van der Waals surface area contributed by atoms with Gasteiger partial charge < -0.3 is 4.90 Å². The SMILES string of the molecule is Cn1cc(Br)c(NC(=O)N2CCSCC2)n1. The van der Waals surface area contributed by atoms with Crippen LogP contribution >= 0.6 is 27.7 Å². The van der Waals surface area contributed by atoms with Crippen LogP contribution < -0.4 is 5.32 Å². The summed E-state index contributed by atoms with van der Waals surface area (Å²) in [6.07, 6.45) is 1.81. The lowest BCUT2D eigenvalue weighted by molar-refractivity contribution is 0.217. The van der Waals surface area contributed by atoms with Gasteiger partial charge in [0.15, 0.2) is 5.82 Å². The zero-order chi connectivity index (χ0) is 11.5. The summed E-state index contributed by atoms with van der Waals surface area (Å²) in [5, 5.41) is 6.95. The van der Waals surface area contributed by atoms with E-state index in [1.54, 1.807) is 4.68 Å². The lowest BCUT2D eigenvalue weighted by Crippen LogP contribution is -2.40. The van der Waals surface area contributed by atoms with Gasteiger partial charge in [0.2, 0.25) is 0 Å². The molecule has 2 heterocycles. The van der Waals surface area contributed by atoms with Crippen LogP contribution in [0.1, 0.15) is 0 Å². The summed E-state index contributed by atoms with van der Waals surface area (Å²) < 4.78 is 2.46. The molecule has 0 atom stereocenters. The number of halogens is 1. The Morgan fingerprint density at radius 1 is 1.56 bits per heavy atom. The first kappa shape index (κ1) is 11.8. The summed E-state index contributed by atoms with van der Waals surface area (Å²) in [7, 11) is 1.82. The second-order valence-electron chi connectivity index (χ2n) is 3.53. The van der Waals surface area contributed by atoms with Gasteiger partial charge in [-0.3, -0.25) is 10.00 Å². The first-order chi connectivity index (χ1) is 7.66. The van der Waals surface area contributed by atoms with E-state index in [1.807, 2.05) is 29.9 Å². The number of amides is 2. The fourth-order valence-electron chi connectivity index (χ4n) is 1.49. The second-order valence-corrected chi connectivity index (χ2v) is 5.61. The Kier molecular flexibility index (Phi) is 3.75. The van der Waals surface area contributed by atoms with Crippen molar-refractivity contribution in [3.05, 3.63) is 10.7 Å². The van der Waals surface area contributed by atoms with E-state index >= 15 is 0 Å². The number of carbonyl (C=O) groups excluding carboxylic acids is 1. The van der Waals surface area contributed by atoms with Crippen LogP contribution in [0.15, 0.2) is 10.7 Å². The van der Waals surface area contributed by atoms with E-state index < -0.39 is 0 Å². The molecular weight excluding hydrogens is 292 g/mol. The van der Waals surface area contributed by atoms with Gasteiger partial charge in [0.1, 0.15) is 0 Å². The van der Waals surface area contributed by atoms with Crippen molar-refractivity contribution < 1.29 is 4.79 Å². The summed E-state index contributed by atoms with van der Waals surface area (Å²) >= 11 is 5.23. The van der Waals surface area contributed by atoms with Gasteiger partial charge in [-0.1, -0.05) is 0 Å². The van der Waals surface area contributed by atoms with Crippen molar-refractivity contribution in [2.45, 2.75) is 0 Å². The molecule has 1 saturated heterocycles. The normalized spacial score (nSPS) is 16.2. The van der Waals surface area contributed by atoms with E-state index in [2.05, 4.69) is 26.3 Å². The summed E-state index contributed by atoms with van der Waals surface area (Å²) in [5.74, 6) is 2.60. The highest BCUT2D eigenvalue weighted by Gasteiger charge is 2.18. The third-order valence-electron chi connectivity index (χ3n) is 2.31. The molecule has 0 spiro atoms. The molecule has 0 aromatic carbocycles. The molecule has 88 valence electrons. The van der Waals surface area contributed by atoms with Gasteiger partial charge in [0.25, 0.3) is 0 Å². The van der Waals surface area contributed by atoms with Gasteiger partial charge >= 0.3 is 6.03 Å². The van der Waals surface area contributed by atoms with E-state index in [1.165, 1.54) is 0 Å². The smallest absolute Gasteiger partial charge is 0.323 e. The molecule has 1 aliphatic heterocycles. The van der Waals surface area contributed by atoms with Crippen molar-refractivity contribution in [2.75, 3.05) is 29.9 Å². The van der Waals surface area contributed by atoms with Crippen LogP contribution in [0.4, 0.5) is 10.6 Å². The van der Waals surface area contributed by atoms with Crippen LogP contribution in [0.3, 0.4) is 0 Å². The average molecular weight is 305 g/mol. The Balaban J connectivity index is 1.98. The van der Waals surface area contributed by atoms with Gasteiger partial charge in [-0.15, -0.1) is 0 Å². The van der Waals surface area contributed by atoms with Crippen molar-refractivity contribution in [1.82, 2.24) is 14.7 Å². The first-order valence-corrected chi connectivity index (χ1v) is 6.94. The van der Waals surface area contributed by atoms with Gasteiger partial charge in [-0.2, -0.15) is 16.9 Å². The standard InChI is InChI=1S/C9H13BrN4OS/c1-13-6-7(10)8(12-13)11-9(15)14-2-4-16-5-3-14/h6H,2-5H2,1H3,(H,11,12,15). The van der Waals surface area contributed by atoms with Crippen LogP contribution in [0.2, 0.25) is 0 Å². The summed E-state index contributed by atoms with van der Waals surface area (Å²) in [5.41, 5.74) is 0. The van der Waals surface area contributed by atoms with E-state index in [9.17, 15) is 4.79 Å². The summed E-state index contributed by atoms with van der Waals surface area (Å²) in [4.78, 5) is 13.7. The number of thioether (sulfide) groups is 1. The maximum Gasteiger partial charge on any atom is 0.323 e. The molecule has 0 unspecified atom stereocenters. The lowest BCUT2D eigenvalue weighted by atomic mass is 10.5. The number of carbonyl (C=O) groups is 1. The highest BCUT2D eigenvalue weighted by Crippen LogP contribution is 2.20. The van der Waals surface area contributed by atoms with Crippen molar-refractivity contribution >= 4 is 39.5 Å². The highest BCUT2D eigenvalue weighted by atomic mass is 79.9. The number of hydrogen-bond acceptors (Lipinski definition) is 3. The molecule has 7 heteroatoms. The Morgan fingerprint density at radius 2 is 2.25 bits per heavy atom. The van der Waals surface area contributed by atoms with Gasteiger partial charge in [0.05, 0.1) is 4.47 Å². The highest BCUT2D eigenvalue weighted by molar-refractivity contribution is 9.10. The molecule has 0 saturated carbocycles. The van der Waals surface area contributed by atoms with Crippen molar-refractivity contribution in [2.24, 2.45) is 7.05 Å². The van der Waals surface area contributed by atoms with E-state index in [0.29, 0.717) is 5.82 Å². The zero-order valence-corrected chi connectivity index (χ0v) is 11.3. The van der Waals surface area contributed by atoms with Crippen LogP contribution in [-0.2, 0) is 7.05 Å². The number of nitrogens with one attached hydrogen (secondary N) is 1. The maximum atomic E-state index is 11.9. The summed E-state index contributed by atoms with van der Waals surface area (Å²) in [6, 6.07) is -0.0697. The van der Waals surface area contributed by atoms with E-state index in [-0.39, 0.29) is 6.03 Å². The molecule has 1 aliphatic rings. The topological polar surface area (TPSA) is 50.2 Å². The molecule has 0 radical (unpaired) electrons. The third-order valence-corrected chi connectivity index (χ3v) is 3.83. The van der Waals surface area contributed by atoms with Gasteiger partial charge in [-0.25, -0.2) is 4.79 Å². The number of hydrogen-bond donors (Lipinski definition) is 1. The Labute approximate surface area is 107 Å². The number of rotatable bonds is 1. The van der Waals surface area contributed by atoms with Crippen LogP contribution in [0.5, 0.6) is 0 Å². The fourth-order valence-corrected chi connectivity index (χ4v) is 2.87. The molecule has 1 aromatic heterocycles. The molecule has 2 amide bonds. The number of aromatic nitrogens is 2. The predicted octanol–water partition coefficient (Wildman–Crippen LogP) is 1.76. The Bertz CT molecular complexity index is 389. The maximum absolute atomic E-state index is 11.9. The van der Waals surface area contributed by atoms with Gasteiger partial charge in [0, 0.05) is 37.8 Å². The van der Waals surface area contributed by atoms with Crippen molar-refractivity contribution in [3.63, 3.8) is 0 Å². The number of aryl methyl sites for hydroxylation is 1. The molecule has 2 rings (SSSR count). The number of nitrogens with zero attached hydrogens (tertiary/aromatic N) is 3. The molecule has 16 heavy (non-hydrogen) atoms. The Hall–Kier alpha value is -0.690. The van der Waals surface area contributed by atoms with Crippen LogP contribution in [0.25, 0.3) is 0 Å². The minimum absolute atomic E-state index is 0.0697. The van der Waals surface area contributed by atoms with Crippen LogP contribution in [0, 0.1) is 0 Å². The molecule has 5 nitrogen and oxygen atoms in total. The lowest BCUT2D eigenvalue weighted by Gasteiger charge is -2.26. The van der Waals surface area contributed by atoms with E-state index in [4.69, 9.17) is 0 Å². The fraction of sp³-hybridized carbons (Fsp3) is 0.556. The van der Waals surface area contributed by atoms with Crippen molar-refractivity contribution in [3.8, 4) is 0 Å². The Morgan fingerprint density at radius 3 is 2.81 bits per heavy atom. The second kappa shape index (κ2) is 5.09. The van der Waals surface area contributed by atoms with E-state index in [0.717, 1.165) is 29.1 Å². The molecule has 0 bridgehead atoms. The van der Waals surface area contributed by atoms with Gasteiger partial charge in [-0.05, 0) is 15.9 Å². The molecule has 1 fully saturated rings. The van der Waals surface area contributed by atoms with Crippen LogP contribution in [-0.4, -0.2) is 45.3 Å². The zero-order valence-electron chi connectivity index (χ0n) is 8.94. The molecule has 0 aliphatic carbocycles. The molecule has 1 aromatic rings. The number of anilines is 1. The minimum atomic E-state index is -0.0697.